The molecule has 0 amide bonds. The van der Waals surface area contributed by atoms with E-state index >= 15 is 0 Å². The van der Waals surface area contributed by atoms with Crippen LogP contribution in [0.3, 0.4) is 0 Å². The van der Waals surface area contributed by atoms with Gasteiger partial charge in [-0.05, 0) is 40.7 Å². The van der Waals surface area contributed by atoms with Crippen molar-refractivity contribution in [3.63, 3.8) is 0 Å². The van der Waals surface area contributed by atoms with Crippen molar-refractivity contribution in [2.75, 3.05) is 0 Å². The number of nitrogens with zero attached hydrogens (tertiary/aromatic N) is 4. The molecule has 0 aliphatic carbocycles. The van der Waals surface area contributed by atoms with Crippen LogP contribution in [0, 0.1) is 6.07 Å². The van der Waals surface area contributed by atoms with Gasteiger partial charge in [0.1, 0.15) is 11.5 Å². The minimum atomic E-state index is 0. The van der Waals surface area contributed by atoms with Crippen LogP contribution in [-0.4, -0.2) is 19.9 Å². The molecule has 0 saturated heterocycles. The molecule has 6 rings (SSSR count). The number of hydrogen-bond donors (Lipinski definition) is 0. The Hall–Kier alpha value is -4.45. The quantitative estimate of drug-likeness (QED) is 0.177. The summed E-state index contributed by atoms with van der Waals surface area (Å²) in [4.78, 5) is 18.1. The molecule has 2 aromatic heterocycles. The summed E-state index contributed by atoms with van der Waals surface area (Å²) in [7, 11) is 0. The van der Waals surface area contributed by atoms with E-state index in [4.69, 9.17) is 9.47 Å². The first-order valence-electron chi connectivity index (χ1n) is 11.4. The van der Waals surface area contributed by atoms with Crippen molar-refractivity contribution in [2.24, 2.45) is 0 Å². The first-order valence-corrected chi connectivity index (χ1v) is 11.4. The molecule has 0 N–H and O–H groups in total. The Labute approximate surface area is 227 Å². The first kappa shape index (κ1) is 24.3. The Kier molecular flexibility index (Phi) is 7.26. The van der Waals surface area contributed by atoms with Crippen LogP contribution in [0.5, 0.6) is 23.5 Å². The maximum atomic E-state index is 5.92. The Morgan fingerprint density at radius 1 is 0.595 bits per heavy atom. The summed E-state index contributed by atoms with van der Waals surface area (Å²) in [5, 5.41) is 2.19. The summed E-state index contributed by atoms with van der Waals surface area (Å²) in [6.07, 6.45) is 1.87. The summed E-state index contributed by atoms with van der Waals surface area (Å²) in [6.45, 7) is 0. The molecule has 0 atom stereocenters. The maximum Gasteiger partial charge on any atom is 0.328 e. The van der Waals surface area contributed by atoms with Crippen LogP contribution < -0.4 is 9.47 Å². The molecule has 6 aromatic rings. The van der Waals surface area contributed by atoms with Crippen LogP contribution in [0.25, 0.3) is 33.4 Å². The minimum absolute atomic E-state index is 0. The van der Waals surface area contributed by atoms with Crippen LogP contribution in [0.4, 0.5) is 0 Å². The molecule has 0 fully saturated rings. The van der Waals surface area contributed by atoms with E-state index in [0.29, 0.717) is 17.3 Å². The monoisotopic (exact) mass is 660 g/mol. The molecule has 181 valence electrons. The summed E-state index contributed by atoms with van der Waals surface area (Å²) in [6, 6.07) is 38.1. The molecular weight excluding hydrogens is 641 g/mol. The number of pyridine rings is 1. The van der Waals surface area contributed by atoms with Gasteiger partial charge in [0, 0.05) is 26.3 Å². The first-order chi connectivity index (χ1) is 17.8. The second-order valence-corrected chi connectivity index (χ2v) is 7.96. The molecule has 4 aromatic carbocycles. The average molecular weight is 660 g/mol. The Morgan fingerprint density at radius 2 is 1.19 bits per heavy atom. The summed E-state index contributed by atoms with van der Waals surface area (Å²) < 4.78 is 11.8. The zero-order valence-corrected chi connectivity index (χ0v) is 21.8. The molecule has 1 radical (unpaired) electrons. The van der Waals surface area contributed by atoms with Crippen molar-refractivity contribution in [1.29, 1.82) is 0 Å². The fourth-order valence-corrected chi connectivity index (χ4v) is 3.73. The number of aromatic nitrogens is 4. The maximum absolute atomic E-state index is 5.92. The molecule has 0 aliphatic rings. The van der Waals surface area contributed by atoms with E-state index in [1.54, 1.807) is 0 Å². The average Bonchev–Trinajstić information content (AvgIpc) is 2.94. The fraction of sp³-hybridized carbons (Fsp3) is 0. The number of para-hydroxylation sites is 2. The third kappa shape index (κ3) is 5.70. The van der Waals surface area contributed by atoms with Gasteiger partial charge in [-0.2, -0.15) is 9.97 Å². The normalized spacial score (nSPS) is 10.5. The zero-order valence-electron chi connectivity index (χ0n) is 19.4. The van der Waals surface area contributed by atoms with Gasteiger partial charge in [0.25, 0.3) is 0 Å². The van der Waals surface area contributed by atoms with Crippen molar-refractivity contribution in [1.82, 2.24) is 19.9 Å². The molecule has 7 heteroatoms. The predicted molar refractivity (Wildman–Crippen MR) is 138 cm³/mol. The zero-order chi connectivity index (χ0) is 24.2. The predicted octanol–water partition coefficient (Wildman–Crippen LogP) is 7.14. The van der Waals surface area contributed by atoms with Crippen molar-refractivity contribution >= 4 is 10.8 Å². The van der Waals surface area contributed by atoms with Gasteiger partial charge in [-0.3, -0.25) is 0 Å². The van der Waals surface area contributed by atoms with Gasteiger partial charge in [0.15, 0.2) is 5.82 Å². The Morgan fingerprint density at radius 3 is 1.84 bits per heavy atom. The van der Waals surface area contributed by atoms with Crippen molar-refractivity contribution in [3.8, 4) is 46.2 Å². The van der Waals surface area contributed by atoms with Gasteiger partial charge in [-0.15, -0.1) is 34.8 Å². The number of ether oxygens (including phenoxy) is 2. The third-order valence-corrected chi connectivity index (χ3v) is 5.47. The van der Waals surface area contributed by atoms with Gasteiger partial charge in [-0.25, -0.2) is 0 Å². The molecular formula is C30H19IrN4O2-. The topological polar surface area (TPSA) is 70.0 Å². The smallest absolute Gasteiger partial charge is 0.328 e. The van der Waals surface area contributed by atoms with Crippen LogP contribution in [0.15, 0.2) is 115 Å². The second-order valence-electron chi connectivity index (χ2n) is 7.96. The Bertz CT molecular complexity index is 1590. The standard InChI is InChI=1S/C30H19N4O2.Ir/c1-3-14-25(15-4-1)35-29-32-28(33-30(34-29)36-26-16-5-2-6-17-26)23-13-9-12-22(18-23)27-19-21-10-7-8-11-24(21)20-31-27;/h1-11,13-20H;/q-1;. The van der Waals surface area contributed by atoms with Crippen molar-refractivity contribution in [2.45, 2.75) is 0 Å². The van der Waals surface area contributed by atoms with Gasteiger partial charge < -0.3 is 14.5 Å². The van der Waals surface area contributed by atoms with E-state index in [-0.39, 0.29) is 32.1 Å². The van der Waals surface area contributed by atoms with Crippen LogP contribution in [-0.2, 0) is 20.1 Å². The molecule has 2 heterocycles. The second kappa shape index (κ2) is 11.1. The largest absolute Gasteiger partial charge is 0.424 e. The van der Waals surface area contributed by atoms with Gasteiger partial charge in [0.2, 0.25) is 0 Å². The van der Waals surface area contributed by atoms with Gasteiger partial charge in [-0.1, -0.05) is 72.3 Å². The van der Waals surface area contributed by atoms with Crippen LogP contribution in [0.1, 0.15) is 0 Å². The van der Waals surface area contributed by atoms with Crippen molar-refractivity contribution in [3.05, 3.63) is 121 Å². The van der Waals surface area contributed by atoms with E-state index in [1.165, 1.54) is 0 Å². The molecule has 0 unspecified atom stereocenters. The molecule has 0 spiro atoms. The number of benzene rings is 4. The van der Waals surface area contributed by atoms with E-state index in [9.17, 15) is 0 Å². The van der Waals surface area contributed by atoms with E-state index in [2.05, 4.69) is 32.1 Å². The SMILES string of the molecule is [Ir].[c-]1ccc(-c2nc(Oc3ccccc3)nc(Oc3ccccc3)n2)cc1-c1cc2ccccc2cn1. The van der Waals surface area contributed by atoms with Crippen LogP contribution >= 0.6 is 0 Å². The molecule has 37 heavy (non-hydrogen) atoms. The molecule has 0 bridgehead atoms. The van der Waals surface area contributed by atoms with Gasteiger partial charge in [0.05, 0.1) is 0 Å². The summed E-state index contributed by atoms with van der Waals surface area (Å²) >= 11 is 0. The Balaban J connectivity index is 0.00000280. The van der Waals surface area contributed by atoms with Crippen LogP contribution in [0.2, 0.25) is 0 Å². The van der Waals surface area contributed by atoms with E-state index < -0.39 is 0 Å². The number of fused-ring (bicyclic) bond motifs is 1. The number of rotatable bonds is 6. The van der Waals surface area contributed by atoms with E-state index in [0.717, 1.165) is 27.6 Å². The van der Waals surface area contributed by atoms with Gasteiger partial charge >= 0.3 is 12.0 Å². The molecule has 0 aliphatic heterocycles. The third-order valence-electron chi connectivity index (χ3n) is 5.47. The fourth-order valence-electron chi connectivity index (χ4n) is 3.73. The summed E-state index contributed by atoms with van der Waals surface area (Å²) in [5.41, 5.74) is 2.40. The minimum Gasteiger partial charge on any atom is -0.424 e. The number of hydrogen-bond acceptors (Lipinski definition) is 6. The molecule has 6 nitrogen and oxygen atoms in total. The summed E-state index contributed by atoms with van der Waals surface area (Å²) in [5.74, 6) is 1.64. The van der Waals surface area contributed by atoms with Crippen molar-refractivity contribution < 1.29 is 29.6 Å². The molecule has 0 saturated carbocycles. The van der Waals surface area contributed by atoms with E-state index in [1.807, 2.05) is 109 Å².